The number of carbonyl (C=O) groups excluding carboxylic acids is 1. The summed E-state index contributed by atoms with van der Waals surface area (Å²) >= 11 is 4.84. The number of nitrogens with zero attached hydrogens (tertiary/aromatic N) is 1. The van der Waals surface area contributed by atoms with Gasteiger partial charge in [-0.15, -0.1) is 11.3 Å². The summed E-state index contributed by atoms with van der Waals surface area (Å²) in [6, 6.07) is 0.255. The van der Waals surface area contributed by atoms with Crippen LogP contribution in [-0.2, 0) is 4.79 Å². The predicted octanol–water partition coefficient (Wildman–Crippen LogP) is 1.60. The summed E-state index contributed by atoms with van der Waals surface area (Å²) in [4.78, 5) is 15.1. The third-order valence-corrected chi connectivity index (χ3v) is 3.57. The number of anilines is 1. The van der Waals surface area contributed by atoms with E-state index in [9.17, 15) is 4.79 Å². The minimum atomic E-state index is 0.150. The Kier molecular flexibility index (Phi) is 3.02. The molecule has 1 saturated heterocycles. The fraction of sp³-hybridized carbons (Fsp3) is 0.500. The van der Waals surface area contributed by atoms with Crippen molar-refractivity contribution in [2.75, 3.05) is 11.9 Å². The third-order valence-electron chi connectivity index (χ3n) is 2.06. The lowest BCUT2D eigenvalue weighted by Gasteiger charge is -2.09. The molecule has 0 aliphatic carbocycles. The fourth-order valence-corrected chi connectivity index (χ4v) is 2.53. The first-order valence-electron chi connectivity index (χ1n) is 4.38. The number of halogens is 1. The minimum Gasteiger partial charge on any atom is -0.359 e. The van der Waals surface area contributed by atoms with E-state index in [4.69, 9.17) is 0 Å². The Hall–Kier alpha value is -0.620. The Balaban J connectivity index is 1.80. The van der Waals surface area contributed by atoms with Gasteiger partial charge in [-0.1, -0.05) is 0 Å². The van der Waals surface area contributed by atoms with Gasteiger partial charge in [0.25, 0.3) is 0 Å². The second-order valence-corrected chi connectivity index (χ2v) is 4.83. The predicted molar refractivity (Wildman–Crippen MR) is 59.5 cm³/mol. The van der Waals surface area contributed by atoms with Gasteiger partial charge in [0.2, 0.25) is 5.91 Å². The van der Waals surface area contributed by atoms with Crippen molar-refractivity contribution in [1.82, 2.24) is 10.3 Å². The lowest BCUT2D eigenvalue weighted by atomic mass is 10.2. The molecule has 14 heavy (non-hydrogen) atoms. The Morgan fingerprint density at radius 1 is 1.79 bits per heavy atom. The van der Waals surface area contributed by atoms with Crippen LogP contribution in [0.25, 0.3) is 0 Å². The van der Waals surface area contributed by atoms with Crippen molar-refractivity contribution in [3.8, 4) is 0 Å². The Bertz CT molecular complexity index is 341. The minimum absolute atomic E-state index is 0.150. The van der Waals surface area contributed by atoms with E-state index in [-0.39, 0.29) is 11.9 Å². The van der Waals surface area contributed by atoms with Gasteiger partial charge in [0.15, 0.2) is 5.13 Å². The van der Waals surface area contributed by atoms with Crippen LogP contribution in [0, 0.1) is 0 Å². The van der Waals surface area contributed by atoms with E-state index in [1.54, 1.807) is 11.3 Å². The summed E-state index contributed by atoms with van der Waals surface area (Å²) in [5, 5.41) is 8.90. The molecule has 1 aromatic heterocycles. The molecule has 1 amide bonds. The van der Waals surface area contributed by atoms with Crippen molar-refractivity contribution in [2.24, 2.45) is 0 Å². The van der Waals surface area contributed by atoms with Gasteiger partial charge in [-0.25, -0.2) is 4.98 Å². The van der Waals surface area contributed by atoms with Crippen LogP contribution in [0.5, 0.6) is 0 Å². The highest BCUT2D eigenvalue weighted by atomic mass is 79.9. The zero-order chi connectivity index (χ0) is 9.97. The van der Waals surface area contributed by atoms with Crippen LogP contribution < -0.4 is 10.6 Å². The molecule has 2 rings (SSSR count). The van der Waals surface area contributed by atoms with Gasteiger partial charge in [-0.2, -0.15) is 0 Å². The second-order valence-electron chi connectivity index (χ2n) is 3.16. The first-order valence-corrected chi connectivity index (χ1v) is 6.05. The molecule has 0 spiro atoms. The molecule has 1 aromatic rings. The van der Waals surface area contributed by atoms with Crippen LogP contribution in [0.1, 0.15) is 12.8 Å². The lowest BCUT2D eigenvalue weighted by molar-refractivity contribution is -0.119. The van der Waals surface area contributed by atoms with Crippen LogP contribution in [0.2, 0.25) is 0 Å². The van der Waals surface area contributed by atoms with Crippen molar-refractivity contribution in [3.63, 3.8) is 0 Å². The van der Waals surface area contributed by atoms with Gasteiger partial charge in [0.05, 0.1) is 0 Å². The number of rotatable bonds is 3. The van der Waals surface area contributed by atoms with E-state index in [0.717, 1.165) is 22.7 Å². The average Bonchev–Trinajstić information content (AvgIpc) is 2.72. The van der Waals surface area contributed by atoms with Crippen LogP contribution in [-0.4, -0.2) is 23.5 Å². The topological polar surface area (TPSA) is 54.0 Å². The Morgan fingerprint density at radius 3 is 3.21 bits per heavy atom. The molecule has 0 saturated carbocycles. The molecule has 76 valence electrons. The molecule has 4 nitrogen and oxygen atoms in total. The van der Waals surface area contributed by atoms with E-state index >= 15 is 0 Å². The van der Waals surface area contributed by atoms with Crippen LogP contribution in [0.3, 0.4) is 0 Å². The number of carbonyl (C=O) groups is 1. The number of hydrogen-bond acceptors (Lipinski definition) is 4. The van der Waals surface area contributed by atoms with Crippen LogP contribution in [0.15, 0.2) is 9.98 Å². The molecule has 1 fully saturated rings. The number of nitrogens with one attached hydrogen (secondary N) is 2. The summed E-state index contributed by atoms with van der Waals surface area (Å²) in [7, 11) is 0. The maximum Gasteiger partial charge on any atom is 0.220 e. The van der Waals surface area contributed by atoms with Crippen molar-refractivity contribution >= 4 is 38.3 Å². The van der Waals surface area contributed by atoms with Crippen molar-refractivity contribution in [1.29, 1.82) is 0 Å². The van der Waals surface area contributed by atoms with Crippen LogP contribution >= 0.6 is 27.3 Å². The molecule has 1 aliphatic heterocycles. The Morgan fingerprint density at radius 2 is 2.64 bits per heavy atom. The molecular weight excluding hydrogens is 266 g/mol. The van der Waals surface area contributed by atoms with Crippen molar-refractivity contribution in [2.45, 2.75) is 18.9 Å². The van der Waals surface area contributed by atoms with Gasteiger partial charge >= 0.3 is 0 Å². The molecular formula is C8H10BrN3OS. The standard InChI is InChI=1S/C8H10BrN3OS/c9-6-4-14-8(12-6)10-3-5-1-2-7(13)11-5/h4-5H,1-3H2,(H,10,12)(H,11,13). The average molecular weight is 276 g/mol. The molecule has 6 heteroatoms. The second kappa shape index (κ2) is 4.27. The smallest absolute Gasteiger partial charge is 0.220 e. The maximum absolute atomic E-state index is 10.9. The van der Waals surface area contributed by atoms with Gasteiger partial charge in [0, 0.05) is 24.4 Å². The zero-order valence-electron chi connectivity index (χ0n) is 7.42. The van der Waals surface area contributed by atoms with Gasteiger partial charge in [-0.3, -0.25) is 4.79 Å². The van der Waals surface area contributed by atoms with E-state index in [2.05, 4.69) is 31.5 Å². The molecule has 0 radical (unpaired) electrons. The molecule has 0 aromatic carbocycles. The fourth-order valence-electron chi connectivity index (χ4n) is 1.38. The lowest BCUT2D eigenvalue weighted by Crippen LogP contribution is -2.31. The van der Waals surface area contributed by atoms with E-state index in [1.165, 1.54) is 0 Å². The molecule has 2 N–H and O–H groups in total. The summed E-state index contributed by atoms with van der Waals surface area (Å²) in [5.41, 5.74) is 0. The summed E-state index contributed by atoms with van der Waals surface area (Å²) in [5.74, 6) is 0.150. The van der Waals surface area contributed by atoms with Gasteiger partial charge in [-0.05, 0) is 22.4 Å². The van der Waals surface area contributed by atoms with Crippen molar-refractivity contribution in [3.05, 3.63) is 9.98 Å². The number of hydrogen-bond donors (Lipinski definition) is 2. The quantitative estimate of drug-likeness (QED) is 0.881. The monoisotopic (exact) mass is 275 g/mol. The Labute approximate surface area is 94.2 Å². The SMILES string of the molecule is O=C1CCC(CNc2nc(Br)cs2)N1. The van der Waals surface area contributed by atoms with Crippen LogP contribution in [0.4, 0.5) is 5.13 Å². The maximum atomic E-state index is 10.9. The molecule has 1 unspecified atom stereocenters. The molecule has 0 bridgehead atoms. The molecule has 1 aliphatic rings. The van der Waals surface area contributed by atoms with Gasteiger partial charge in [0.1, 0.15) is 4.60 Å². The number of thiazole rings is 1. The largest absolute Gasteiger partial charge is 0.359 e. The summed E-state index contributed by atoms with van der Waals surface area (Å²) < 4.78 is 0.848. The highest BCUT2D eigenvalue weighted by Crippen LogP contribution is 2.19. The van der Waals surface area contributed by atoms with Crippen molar-refractivity contribution < 1.29 is 4.79 Å². The highest BCUT2D eigenvalue weighted by molar-refractivity contribution is 9.10. The number of aromatic nitrogens is 1. The molecule has 2 heterocycles. The number of amides is 1. The molecule has 1 atom stereocenters. The van der Waals surface area contributed by atoms with E-state index < -0.39 is 0 Å². The highest BCUT2D eigenvalue weighted by Gasteiger charge is 2.20. The summed E-state index contributed by atoms with van der Waals surface area (Å²) in [6.45, 7) is 0.756. The third kappa shape index (κ3) is 2.45. The first-order chi connectivity index (χ1) is 6.74. The van der Waals surface area contributed by atoms with Gasteiger partial charge < -0.3 is 10.6 Å². The summed E-state index contributed by atoms with van der Waals surface area (Å²) in [6.07, 6.45) is 1.56. The normalized spacial score (nSPS) is 20.9. The van der Waals surface area contributed by atoms with E-state index in [1.807, 2.05) is 5.38 Å². The van der Waals surface area contributed by atoms with E-state index in [0.29, 0.717) is 6.42 Å². The zero-order valence-corrected chi connectivity index (χ0v) is 9.82. The first kappa shape index (κ1) is 9.92.